The zero-order chi connectivity index (χ0) is 13.1. The first-order valence-electron chi connectivity index (χ1n) is 5.23. The third-order valence-corrected chi connectivity index (χ3v) is 4.84. The Morgan fingerprint density at radius 3 is 2.53 bits per heavy atom. The zero-order valence-corrected chi connectivity index (χ0v) is 12.5. The summed E-state index contributed by atoms with van der Waals surface area (Å²) in [5.74, 6) is 0.613. The number of sulfonamides is 1. The third-order valence-electron chi connectivity index (χ3n) is 2.37. The van der Waals surface area contributed by atoms with Gasteiger partial charge in [-0.25, -0.2) is 12.7 Å². The molecule has 0 aliphatic rings. The van der Waals surface area contributed by atoms with Crippen molar-refractivity contribution in [1.29, 1.82) is 0 Å². The van der Waals surface area contributed by atoms with E-state index in [-0.39, 0.29) is 4.90 Å². The van der Waals surface area contributed by atoms with E-state index in [9.17, 15) is 8.42 Å². The SMILES string of the molecule is CCCN(C)S(=O)(=O)c1ccc(OC)c(Br)c1. The molecule has 0 N–H and O–H groups in total. The molecule has 0 atom stereocenters. The minimum atomic E-state index is -3.40. The van der Waals surface area contributed by atoms with Crippen molar-refractivity contribution in [3.63, 3.8) is 0 Å². The smallest absolute Gasteiger partial charge is 0.242 e. The maximum Gasteiger partial charge on any atom is 0.242 e. The summed E-state index contributed by atoms with van der Waals surface area (Å²) in [5, 5.41) is 0. The molecule has 1 aromatic rings. The monoisotopic (exact) mass is 321 g/mol. The Hall–Kier alpha value is -0.590. The topological polar surface area (TPSA) is 46.6 Å². The molecule has 0 amide bonds. The molecule has 17 heavy (non-hydrogen) atoms. The van der Waals surface area contributed by atoms with Crippen molar-refractivity contribution < 1.29 is 13.2 Å². The lowest BCUT2D eigenvalue weighted by molar-refractivity contribution is 0.411. The van der Waals surface area contributed by atoms with Gasteiger partial charge in [0.05, 0.1) is 16.5 Å². The second-order valence-electron chi connectivity index (χ2n) is 3.62. The Kier molecular flexibility index (Phi) is 4.97. The summed E-state index contributed by atoms with van der Waals surface area (Å²) >= 11 is 3.28. The fourth-order valence-electron chi connectivity index (χ4n) is 1.42. The van der Waals surface area contributed by atoms with Gasteiger partial charge in [-0.1, -0.05) is 6.92 Å². The van der Waals surface area contributed by atoms with Gasteiger partial charge >= 0.3 is 0 Å². The summed E-state index contributed by atoms with van der Waals surface area (Å²) in [6, 6.07) is 4.74. The van der Waals surface area contributed by atoms with E-state index >= 15 is 0 Å². The molecular weight excluding hydrogens is 306 g/mol. The molecule has 0 unspecified atom stereocenters. The largest absolute Gasteiger partial charge is 0.496 e. The predicted molar refractivity (Wildman–Crippen MR) is 70.8 cm³/mol. The van der Waals surface area contributed by atoms with E-state index in [4.69, 9.17) is 4.74 Å². The normalized spacial score (nSPS) is 11.8. The molecule has 0 aliphatic carbocycles. The maximum atomic E-state index is 12.1. The summed E-state index contributed by atoms with van der Waals surface area (Å²) < 4.78 is 31.3. The van der Waals surface area contributed by atoms with E-state index in [1.165, 1.54) is 11.4 Å². The molecule has 0 saturated carbocycles. The number of halogens is 1. The van der Waals surface area contributed by atoms with Crippen LogP contribution in [-0.4, -0.2) is 33.4 Å². The van der Waals surface area contributed by atoms with Crippen LogP contribution in [-0.2, 0) is 10.0 Å². The van der Waals surface area contributed by atoms with Crippen molar-refractivity contribution >= 4 is 26.0 Å². The van der Waals surface area contributed by atoms with Gasteiger partial charge in [0, 0.05) is 13.6 Å². The van der Waals surface area contributed by atoms with Crippen LogP contribution in [0.5, 0.6) is 5.75 Å². The molecule has 4 nitrogen and oxygen atoms in total. The van der Waals surface area contributed by atoms with Crippen LogP contribution < -0.4 is 4.74 Å². The first kappa shape index (κ1) is 14.5. The Morgan fingerprint density at radius 1 is 1.41 bits per heavy atom. The van der Waals surface area contributed by atoms with E-state index in [1.807, 2.05) is 6.92 Å². The number of hydrogen-bond donors (Lipinski definition) is 0. The summed E-state index contributed by atoms with van der Waals surface area (Å²) in [7, 11) is -0.281. The van der Waals surface area contributed by atoms with Crippen LogP contribution in [0.2, 0.25) is 0 Å². The maximum absolute atomic E-state index is 12.1. The van der Waals surface area contributed by atoms with Gasteiger partial charge in [0.1, 0.15) is 5.75 Å². The second kappa shape index (κ2) is 5.84. The molecule has 1 aromatic carbocycles. The highest BCUT2D eigenvalue weighted by atomic mass is 79.9. The Morgan fingerprint density at radius 2 is 2.06 bits per heavy atom. The van der Waals surface area contributed by atoms with Crippen molar-refractivity contribution in [1.82, 2.24) is 4.31 Å². The highest BCUT2D eigenvalue weighted by Crippen LogP contribution is 2.28. The number of benzene rings is 1. The van der Waals surface area contributed by atoms with Crippen LogP contribution in [0.1, 0.15) is 13.3 Å². The molecule has 6 heteroatoms. The van der Waals surface area contributed by atoms with Gasteiger partial charge in [-0.3, -0.25) is 0 Å². The van der Waals surface area contributed by atoms with E-state index in [0.717, 1.165) is 6.42 Å². The molecule has 0 fully saturated rings. The summed E-state index contributed by atoms with van der Waals surface area (Å²) in [5.41, 5.74) is 0. The van der Waals surface area contributed by atoms with Gasteiger partial charge in [-0.15, -0.1) is 0 Å². The van der Waals surface area contributed by atoms with Crippen LogP contribution in [0.25, 0.3) is 0 Å². The molecule has 0 heterocycles. The van der Waals surface area contributed by atoms with Gasteiger partial charge in [0.2, 0.25) is 10.0 Å². The quantitative estimate of drug-likeness (QED) is 0.837. The molecule has 0 aromatic heterocycles. The first-order chi connectivity index (χ1) is 7.93. The molecular formula is C11H16BrNO3S. The van der Waals surface area contributed by atoms with Crippen molar-refractivity contribution in [3.8, 4) is 5.75 Å². The first-order valence-corrected chi connectivity index (χ1v) is 7.46. The lowest BCUT2D eigenvalue weighted by atomic mass is 10.3. The Labute approximate surface area is 111 Å². The van der Waals surface area contributed by atoms with Crippen LogP contribution in [0.4, 0.5) is 0 Å². The minimum Gasteiger partial charge on any atom is -0.496 e. The summed E-state index contributed by atoms with van der Waals surface area (Å²) in [6.45, 7) is 2.45. The number of hydrogen-bond acceptors (Lipinski definition) is 3. The number of nitrogens with zero attached hydrogens (tertiary/aromatic N) is 1. The zero-order valence-electron chi connectivity index (χ0n) is 10.1. The van der Waals surface area contributed by atoms with Crippen molar-refractivity contribution in [2.75, 3.05) is 20.7 Å². The van der Waals surface area contributed by atoms with E-state index in [0.29, 0.717) is 16.8 Å². The molecule has 1 rings (SSSR count). The summed E-state index contributed by atoms with van der Waals surface area (Å²) in [4.78, 5) is 0.265. The number of ether oxygens (including phenoxy) is 1. The third kappa shape index (κ3) is 3.20. The van der Waals surface area contributed by atoms with E-state index in [2.05, 4.69) is 15.9 Å². The van der Waals surface area contributed by atoms with Gasteiger partial charge < -0.3 is 4.74 Å². The highest BCUT2D eigenvalue weighted by Gasteiger charge is 2.20. The van der Waals surface area contributed by atoms with E-state index < -0.39 is 10.0 Å². The fraction of sp³-hybridized carbons (Fsp3) is 0.455. The second-order valence-corrected chi connectivity index (χ2v) is 6.52. The van der Waals surface area contributed by atoms with Crippen LogP contribution in [0, 0.1) is 0 Å². The molecule has 0 aliphatic heterocycles. The lowest BCUT2D eigenvalue weighted by Gasteiger charge is -2.16. The number of methoxy groups -OCH3 is 1. The lowest BCUT2D eigenvalue weighted by Crippen LogP contribution is -2.27. The average molecular weight is 322 g/mol. The molecule has 96 valence electrons. The minimum absolute atomic E-state index is 0.265. The van der Waals surface area contributed by atoms with Crippen molar-refractivity contribution in [2.24, 2.45) is 0 Å². The van der Waals surface area contributed by atoms with Crippen molar-refractivity contribution in [2.45, 2.75) is 18.2 Å². The molecule has 0 saturated heterocycles. The molecule has 0 spiro atoms. The van der Waals surface area contributed by atoms with E-state index in [1.54, 1.807) is 25.2 Å². The Balaban J connectivity index is 3.12. The van der Waals surface area contributed by atoms with Gasteiger partial charge in [0.25, 0.3) is 0 Å². The average Bonchev–Trinajstić information content (AvgIpc) is 2.29. The van der Waals surface area contributed by atoms with Gasteiger partial charge in [-0.2, -0.15) is 0 Å². The van der Waals surface area contributed by atoms with Crippen LogP contribution >= 0.6 is 15.9 Å². The van der Waals surface area contributed by atoms with Crippen molar-refractivity contribution in [3.05, 3.63) is 22.7 Å². The van der Waals surface area contributed by atoms with Gasteiger partial charge in [0.15, 0.2) is 0 Å². The Bertz CT molecular complexity index is 487. The molecule has 0 bridgehead atoms. The van der Waals surface area contributed by atoms with Gasteiger partial charge in [-0.05, 0) is 40.5 Å². The fourth-order valence-corrected chi connectivity index (χ4v) is 3.40. The van der Waals surface area contributed by atoms with Crippen LogP contribution in [0.3, 0.4) is 0 Å². The summed E-state index contributed by atoms with van der Waals surface area (Å²) in [6.07, 6.45) is 0.785. The molecule has 0 radical (unpaired) electrons. The highest BCUT2D eigenvalue weighted by molar-refractivity contribution is 9.10. The number of rotatable bonds is 5. The van der Waals surface area contributed by atoms with Crippen LogP contribution in [0.15, 0.2) is 27.6 Å². The standard InChI is InChI=1S/C11H16BrNO3S/c1-4-7-13(2)17(14,15)9-5-6-11(16-3)10(12)8-9/h5-6,8H,4,7H2,1-3H3. The predicted octanol–water partition coefficient (Wildman–Crippen LogP) is 2.49.